The Morgan fingerprint density at radius 3 is 1.67 bits per heavy atom. The standard InChI is InChI=1S/C38H42O4/c1-4-6-16-27-18-10-12-23-31(27)37(39)41-35-26(3)30-22-14-15-25-33(30)34(29-20-8-9-21-29)36(35)42-38(40)32-24-13-11-19-28(32)17-7-5-2/h8-15,18-26,29,34-36H,4-7,16-17H2,1-3H3/t26-,34-,35?,36?/m0/s1. The van der Waals surface area contributed by atoms with Crippen LogP contribution in [0.5, 0.6) is 0 Å². The van der Waals surface area contributed by atoms with E-state index in [-0.39, 0.29) is 29.7 Å². The predicted molar refractivity (Wildman–Crippen MR) is 168 cm³/mol. The molecule has 4 heteroatoms. The number of aryl methyl sites for hydroxylation is 2. The Balaban J connectivity index is 1.54. The fourth-order valence-corrected chi connectivity index (χ4v) is 6.48. The van der Waals surface area contributed by atoms with Gasteiger partial charge in [-0.15, -0.1) is 0 Å². The van der Waals surface area contributed by atoms with Crippen molar-refractivity contribution >= 4 is 11.9 Å². The molecule has 0 heterocycles. The Kier molecular flexibility index (Phi) is 9.74. The molecule has 218 valence electrons. The maximum Gasteiger partial charge on any atom is 0.338 e. The highest BCUT2D eigenvalue weighted by Gasteiger charge is 2.48. The van der Waals surface area contributed by atoms with Gasteiger partial charge in [0, 0.05) is 17.8 Å². The summed E-state index contributed by atoms with van der Waals surface area (Å²) in [5.41, 5.74) is 5.42. The van der Waals surface area contributed by atoms with Gasteiger partial charge in [0.1, 0.15) is 12.2 Å². The zero-order valence-corrected chi connectivity index (χ0v) is 25.0. The van der Waals surface area contributed by atoms with Gasteiger partial charge >= 0.3 is 11.9 Å². The number of benzene rings is 3. The van der Waals surface area contributed by atoms with Crippen LogP contribution in [-0.4, -0.2) is 24.1 Å². The smallest absolute Gasteiger partial charge is 0.338 e. The molecule has 42 heavy (non-hydrogen) atoms. The van der Waals surface area contributed by atoms with Crippen molar-refractivity contribution in [3.05, 3.63) is 130 Å². The summed E-state index contributed by atoms with van der Waals surface area (Å²) in [6.07, 6.45) is 12.8. The third-order valence-corrected chi connectivity index (χ3v) is 8.77. The lowest BCUT2D eigenvalue weighted by Crippen LogP contribution is -2.48. The molecule has 0 fully saturated rings. The van der Waals surface area contributed by atoms with Gasteiger partial charge in [-0.25, -0.2) is 9.59 Å². The van der Waals surface area contributed by atoms with Crippen molar-refractivity contribution in [1.29, 1.82) is 0 Å². The van der Waals surface area contributed by atoms with E-state index in [1.54, 1.807) is 0 Å². The van der Waals surface area contributed by atoms with E-state index in [1.807, 2.05) is 72.8 Å². The summed E-state index contributed by atoms with van der Waals surface area (Å²) in [4.78, 5) is 27.8. The molecule has 4 atom stereocenters. The SMILES string of the molecule is CCCCc1ccccc1C(=O)OC1C(OC(=O)c2ccccc2CCCC)[C@@H](C)c2ccccc2[C@@H]1C1C=CC=C1. The molecule has 0 radical (unpaired) electrons. The lowest BCUT2D eigenvalue weighted by molar-refractivity contribution is -0.0604. The summed E-state index contributed by atoms with van der Waals surface area (Å²) in [7, 11) is 0. The molecule has 3 aromatic rings. The lowest BCUT2D eigenvalue weighted by atomic mass is 9.69. The maximum absolute atomic E-state index is 14.0. The predicted octanol–water partition coefficient (Wildman–Crippen LogP) is 8.77. The molecule has 0 saturated heterocycles. The van der Waals surface area contributed by atoms with Crippen LogP contribution >= 0.6 is 0 Å². The Morgan fingerprint density at radius 1 is 0.643 bits per heavy atom. The monoisotopic (exact) mass is 562 g/mol. The molecule has 0 bridgehead atoms. The molecule has 0 saturated carbocycles. The minimum Gasteiger partial charge on any atom is -0.454 e. The van der Waals surface area contributed by atoms with Gasteiger partial charge in [-0.2, -0.15) is 0 Å². The Labute approximate surface area is 250 Å². The van der Waals surface area contributed by atoms with E-state index in [2.05, 4.69) is 45.1 Å². The van der Waals surface area contributed by atoms with Gasteiger partial charge in [0.2, 0.25) is 0 Å². The van der Waals surface area contributed by atoms with Gasteiger partial charge in [-0.1, -0.05) is 119 Å². The number of hydrogen-bond donors (Lipinski definition) is 0. The molecule has 5 rings (SSSR count). The average Bonchev–Trinajstić information content (AvgIpc) is 3.55. The van der Waals surface area contributed by atoms with Gasteiger partial charge in [0.25, 0.3) is 0 Å². The highest BCUT2D eigenvalue weighted by molar-refractivity contribution is 5.92. The first-order valence-electron chi connectivity index (χ1n) is 15.5. The first-order chi connectivity index (χ1) is 20.5. The van der Waals surface area contributed by atoms with Crippen molar-refractivity contribution in [1.82, 2.24) is 0 Å². The molecule has 0 N–H and O–H groups in total. The van der Waals surface area contributed by atoms with E-state index in [0.29, 0.717) is 11.1 Å². The van der Waals surface area contributed by atoms with Crippen LogP contribution in [0.4, 0.5) is 0 Å². The number of unbranched alkanes of at least 4 members (excludes halogenated alkanes) is 2. The first kappa shape index (κ1) is 29.6. The number of rotatable bonds is 11. The zero-order valence-electron chi connectivity index (χ0n) is 25.0. The Bertz CT molecular complexity index is 1440. The van der Waals surface area contributed by atoms with Gasteiger partial charge in [-0.3, -0.25) is 0 Å². The van der Waals surface area contributed by atoms with Gasteiger partial charge < -0.3 is 9.47 Å². The number of ether oxygens (including phenoxy) is 2. The molecule has 0 aromatic heterocycles. The van der Waals surface area contributed by atoms with Crippen LogP contribution in [0.3, 0.4) is 0 Å². The summed E-state index contributed by atoms with van der Waals surface area (Å²) in [5.74, 6) is -1.05. The highest BCUT2D eigenvalue weighted by atomic mass is 16.6. The number of esters is 2. The fraction of sp³-hybridized carbons (Fsp3) is 0.368. The summed E-state index contributed by atoms with van der Waals surface area (Å²) < 4.78 is 12.9. The number of hydrogen-bond acceptors (Lipinski definition) is 4. The summed E-state index contributed by atoms with van der Waals surface area (Å²) in [6.45, 7) is 6.37. The van der Waals surface area contributed by atoms with Crippen molar-refractivity contribution in [2.45, 2.75) is 83.3 Å². The molecule has 2 aliphatic rings. The number of fused-ring (bicyclic) bond motifs is 1. The molecule has 0 amide bonds. The van der Waals surface area contributed by atoms with E-state index >= 15 is 0 Å². The second-order valence-corrected chi connectivity index (χ2v) is 11.6. The minimum absolute atomic E-state index is 0.0184. The maximum atomic E-state index is 14.0. The Hall–Kier alpha value is -3.92. The van der Waals surface area contributed by atoms with E-state index < -0.39 is 12.2 Å². The molecular formula is C38H42O4. The molecule has 0 spiro atoms. The third kappa shape index (κ3) is 6.28. The van der Waals surface area contributed by atoms with Crippen molar-refractivity contribution in [2.24, 2.45) is 5.92 Å². The largest absolute Gasteiger partial charge is 0.454 e. The molecule has 3 aromatic carbocycles. The average molecular weight is 563 g/mol. The van der Waals surface area contributed by atoms with Crippen LogP contribution < -0.4 is 0 Å². The number of carbonyl (C=O) groups is 2. The zero-order chi connectivity index (χ0) is 29.5. The molecular weight excluding hydrogens is 520 g/mol. The van der Waals surface area contributed by atoms with Crippen LogP contribution in [0, 0.1) is 5.92 Å². The molecule has 2 aliphatic carbocycles. The van der Waals surface area contributed by atoms with E-state index in [9.17, 15) is 9.59 Å². The summed E-state index contributed by atoms with van der Waals surface area (Å²) in [5, 5.41) is 0. The lowest BCUT2D eigenvalue weighted by Gasteiger charge is -2.43. The summed E-state index contributed by atoms with van der Waals surface area (Å²) in [6, 6.07) is 23.7. The van der Waals surface area contributed by atoms with Crippen LogP contribution in [-0.2, 0) is 22.3 Å². The van der Waals surface area contributed by atoms with E-state index in [1.165, 1.54) is 0 Å². The summed E-state index contributed by atoms with van der Waals surface area (Å²) >= 11 is 0. The van der Waals surface area contributed by atoms with Crippen molar-refractivity contribution in [2.75, 3.05) is 0 Å². The van der Waals surface area contributed by atoms with Crippen molar-refractivity contribution in [3.63, 3.8) is 0 Å². The minimum atomic E-state index is -0.661. The van der Waals surface area contributed by atoms with E-state index in [0.717, 1.165) is 60.8 Å². The second-order valence-electron chi connectivity index (χ2n) is 11.6. The molecule has 2 unspecified atom stereocenters. The van der Waals surface area contributed by atoms with Crippen LogP contribution in [0.2, 0.25) is 0 Å². The van der Waals surface area contributed by atoms with Crippen molar-refractivity contribution in [3.8, 4) is 0 Å². The van der Waals surface area contributed by atoms with Crippen molar-refractivity contribution < 1.29 is 19.1 Å². The normalized spacial score (nSPS) is 21.2. The quantitative estimate of drug-likeness (QED) is 0.219. The van der Waals surface area contributed by atoms with Gasteiger partial charge in [-0.05, 0) is 60.1 Å². The van der Waals surface area contributed by atoms with Crippen LogP contribution in [0.15, 0.2) is 97.1 Å². The number of carbonyl (C=O) groups excluding carboxylic acids is 2. The Morgan fingerprint density at radius 2 is 1.12 bits per heavy atom. The first-order valence-corrected chi connectivity index (χ1v) is 15.5. The third-order valence-electron chi connectivity index (χ3n) is 8.77. The van der Waals surface area contributed by atoms with E-state index in [4.69, 9.17) is 9.47 Å². The highest BCUT2D eigenvalue weighted by Crippen LogP contribution is 2.47. The molecule has 0 aliphatic heterocycles. The van der Waals surface area contributed by atoms with Gasteiger partial charge in [0.15, 0.2) is 0 Å². The van der Waals surface area contributed by atoms with Gasteiger partial charge in [0.05, 0.1) is 11.1 Å². The number of allylic oxidation sites excluding steroid dienone is 4. The second kappa shape index (κ2) is 13.8. The topological polar surface area (TPSA) is 52.6 Å². The van der Waals surface area contributed by atoms with Crippen LogP contribution in [0.1, 0.15) is 101 Å². The molecule has 4 nitrogen and oxygen atoms in total. The fourth-order valence-electron chi connectivity index (χ4n) is 6.48. The van der Waals surface area contributed by atoms with Crippen LogP contribution in [0.25, 0.3) is 0 Å².